The molecule has 1 aromatic heterocycles. The van der Waals surface area contributed by atoms with Gasteiger partial charge in [0.05, 0.1) is 11.1 Å². The van der Waals surface area contributed by atoms with Crippen molar-refractivity contribution in [1.82, 2.24) is 4.98 Å². The van der Waals surface area contributed by atoms with Crippen molar-refractivity contribution in [3.05, 3.63) is 28.3 Å². The summed E-state index contributed by atoms with van der Waals surface area (Å²) in [6.07, 6.45) is 1.53. The van der Waals surface area contributed by atoms with Crippen molar-refractivity contribution in [2.24, 2.45) is 0 Å². The first-order chi connectivity index (χ1) is 5.13. The largest absolute Gasteiger partial charge is 0.504 e. The number of nitrogens with zero attached hydrogens (tertiary/aromatic N) is 2. The lowest BCUT2D eigenvalue weighted by Gasteiger charge is -1.93. The van der Waals surface area contributed by atoms with Crippen LogP contribution in [0.15, 0.2) is 12.4 Å². The zero-order chi connectivity index (χ0) is 8.43. The lowest BCUT2D eigenvalue weighted by Crippen LogP contribution is -1.93. The van der Waals surface area contributed by atoms with Crippen molar-refractivity contribution in [3.8, 4) is 5.75 Å². The second-order valence-electron chi connectivity index (χ2n) is 1.75. The van der Waals surface area contributed by atoms with Crippen LogP contribution in [-0.4, -0.2) is 15.0 Å². The molecule has 0 unspecified atom stereocenters. The summed E-state index contributed by atoms with van der Waals surface area (Å²) in [6, 6.07) is 0. The molecule has 11 heavy (non-hydrogen) atoms. The smallest absolute Gasteiger partial charge is 0.326 e. The Morgan fingerprint density at radius 1 is 1.64 bits per heavy atom. The minimum atomic E-state index is -1.26. The van der Waals surface area contributed by atoms with Crippen LogP contribution in [-0.2, 0) is 0 Å². The molecule has 0 bridgehead atoms. The van der Waals surface area contributed by atoms with Crippen LogP contribution in [0.25, 0.3) is 0 Å². The second kappa shape index (κ2) is 2.49. The average Bonchev–Trinajstić information content (AvgIpc) is 1.94. The molecule has 1 rings (SSSR count). The molecule has 1 heterocycles. The van der Waals surface area contributed by atoms with Gasteiger partial charge in [0, 0.05) is 0 Å². The van der Waals surface area contributed by atoms with Crippen molar-refractivity contribution in [3.63, 3.8) is 0 Å². The molecular weight excluding hydrogens is 155 g/mol. The summed E-state index contributed by atoms with van der Waals surface area (Å²) in [5.74, 6) is -2.08. The van der Waals surface area contributed by atoms with E-state index < -0.39 is 22.2 Å². The van der Waals surface area contributed by atoms with E-state index in [0.717, 1.165) is 12.4 Å². The quantitative estimate of drug-likeness (QED) is 0.485. The van der Waals surface area contributed by atoms with Crippen molar-refractivity contribution >= 4 is 5.69 Å². The number of nitro groups is 1. The molecule has 0 atom stereocenters. The summed E-state index contributed by atoms with van der Waals surface area (Å²) in [6.45, 7) is 0. The third-order valence-electron chi connectivity index (χ3n) is 1.04. The molecule has 1 N–H and O–H groups in total. The van der Waals surface area contributed by atoms with Crippen LogP contribution in [0.4, 0.5) is 10.1 Å². The van der Waals surface area contributed by atoms with Crippen LogP contribution in [0.3, 0.4) is 0 Å². The first-order valence-corrected chi connectivity index (χ1v) is 2.60. The fourth-order valence-corrected chi connectivity index (χ4v) is 0.550. The number of aromatic hydroxyl groups is 1. The Bertz CT molecular complexity index is 302. The lowest BCUT2D eigenvalue weighted by atomic mass is 10.4. The highest BCUT2D eigenvalue weighted by Gasteiger charge is 2.17. The van der Waals surface area contributed by atoms with Gasteiger partial charge in [-0.2, -0.15) is 4.39 Å². The predicted molar refractivity (Wildman–Crippen MR) is 32.5 cm³/mol. The summed E-state index contributed by atoms with van der Waals surface area (Å²) in [7, 11) is 0. The third kappa shape index (κ3) is 1.23. The van der Waals surface area contributed by atoms with Crippen LogP contribution in [0.1, 0.15) is 0 Å². The maximum atomic E-state index is 12.5. The first-order valence-electron chi connectivity index (χ1n) is 2.60. The Morgan fingerprint density at radius 2 is 2.27 bits per heavy atom. The predicted octanol–water partition coefficient (Wildman–Crippen LogP) is 0.834. The fraction of sp³-hybridized carbons (Fsp3) is 0. The van der Waals surface area contributed by atoms with Crippen molar-refractivity contribution in [1.29, 1.82) is 0 Å². The van der Waals surface area contributed by atoms with E-state index in [1.807, 2.05) is 0 Å². The SMILES string of the molecule is O=[N+]([O-])c1cncc(O)c1F. The Kier molecular flexibility index (Phi) is 1.67. The first kappa shape index (κ1) is 7.39. The molecule has 0 saturated carbocycles. The van der Waals surface area contributed by atoms with Gasteiger partial charge >= 0.3 is 5.69 Å². The van der Waals surface area contributed by atoms with Crippen LogP contribution >= 0.6 is 0 Å². The third-order valence-corrected chi connectivity index (χ3v) is 1.04. The zero-order valence-corrected chi connectivity index (χ0v) is 5.19. The Morgan fingerprint density at radius 3 is 2.73 bits per heavy atom. The maximum Gasteiger partial charge on any atom is 0.326 e. The molecular formula is C5H3FN2O3. The van der Waals surface area contributed by atoms with Crippen LogP contribution < -0.4 is 0 Å². The highest BCUT2D eigenvalue weighted by atomic mass is 19.1. The molecule has 58 valence electrons. The molecule has 0 spiro atoms. The van der Waals surface area contributed by atoms with E-state index in [1.165, 1.54) is 0 Å². The van der Waals surface area contributed by atoms with E-state index in [9.17, 15) is 14.5 Å². The van der Waals surface area contributed by atoms with Gasteiger partial charge in [-0.15, -0.1) is 0 Å². The summed E-state index contributed by atoms with van der Waals surface area (Å²) in [5.41, 5.74) is -0.829. The van der Waals surface area contributed by atoms with Gasteiger partial charge < -0.3 is 5.11 Å². The number of hydrogen-bond acceptors (Lipinski definition) is 4. The molecule has 0 fully saturated rings. The van der Waals surface area contributed by atoms with Crippen molar-refractivity contribution in [2.75, 3.05) is 0 Å². The van der Waals surface area contributed by atoms with Crippen LogP contribution in [0.5, 0.6) is 5.75 Å². The van der Waals surface area contributed by atoms with Gasteiger partial charge in [-0.25, -0.2) is 0 Å². The molecule has 5 nitrogen and oxygen atoms in total. The molecule has 0 aliphatic carbocycles. The summed E-state index contributed by atoms with van der Waals surface area (Å²) in [4.78, 5) is 12.3. The molecule has 0 amide bonds. The normalized spacial score (nSPS) is 9.55. The van der Waals surface area contributed by atoms with Crippen LogP contribution in [0.2, 0.25) is 0 Å². The van der Waals surface area contributed by atoms with Crippen molar-refractivity contribution < 1.29 is 14.4 Å². The number of halogens is 1. The van der Waals surface area contributed by atoms with E-state index in [0.29, 0.717) is 0 Å². The number of aromatic nitrogens is 1. The maximum absolute atomic E-state index is 12.5. The Labute approximate surface area is 60.3 Å². The average molecular weight is 158 g/mol. The van der Waals surface area contributed by atoms with E-state index in [-0.39, 0.29) is 0 Å². The highest BCUT2D eigenvalue weighted by molar-refractivity contribution is 5.35. The van der Waals surface area contributed by atoms with Gasteiger partial charge in [0.2, 0.25) is 5.82 Å². The van der Waals surface area contributed by atoms with E-state index in [4.69, 9.17) is 5.11 Å². The summed E-state index contributed by atoms with van der Waals surface area (Å²) >= 11 is 0. The summed E-state index contributed by atoms with van der Waals surface area (Å²) in [5, 5.41) is 18.6. The van der Waals surface area contributed by atoms with E-state index in [1.54, 1.807) is 0 Å². The lowest BCUT2D eigenvalue weighted by molar-refractivity contribution is -0.388. The number of rotatable bonds is 1. The molecule has 6 heteroatoms. The Balaban J connectivity index is 3.27. The number of hydrogen-bond donors (Lipinski definition) is 1. The Hall–Kier alpha value is -1.72. The fourth-order valence-electron chi connectivity index (χ4n) is 0.550. The van der Waals surface area contributed by atoms with Gasteiger partial charge in [-0.05, 0) is 0 Å². The van der Waals surface area contributed by atoms with E-state index in [2.05, 4.69) is 4.98 Å². The number of pyridine rings is 1. The van der Waals surface area contributed by atoms with Gasteiger partial charge in [0.15, 0.2) is 5.75 Å². The molecule has 1 aromatic rings. The van der Waals surface area contributed by atoms with Gasteiger partial charge in [-0.1, -0.05) is 0 Å². The molecule has 0 saturated heterocycles. The standard InChI is InChI=1S/C5H3FN2O3/c6-5-3(8(10)11)1-7-2-4(5)9/h1-2,9H. The zero-order valence-electron chi connectivity index (χ0n) is 5.19. The minimum absolute atomic E-state index is 0.731. The van der Waals surface area contributed by atoms with Gasteiger partial charge in [0.1, 0.15) is 6.20 Å². The van der Waals surface area contributed by atoms with Crippen LogP contribution in [0, 0.1) is 15.9 Å². The molecule has 0 aromatic carbocycles. The molecule has 0 aliphatic rings. The molecule has 0 aliphatic heterocycles. The second-order valence-corrected chi connectivity index (χ2v) is 1.75. The highest BCUT2D eigenvalue weighted by Crippen LogP contribution is 2.22. The minimum Gasteiger partial charge on any atom is -0.504 e. The van der Waals surface area contributed by atoms with Gasteiger partial charge in [-0.3, -0.25) is 15.1 Å². The van der Waals surface area contributed by atoms with Gasteiger partial charge in [0.25, 0.3) is 0 Å². The van der Waals surface area contributed by atoms with Crippen molar-refractivity contribution in [2.45, 2.75) is 0 Å². The van der Waals surface area contributed by atoms with E-state index >= 15 is 0 Å². The monoisotopic (exact) mass is 158 g/mol. The molecule has 0 radical (unpaired) electrons. The summed E-state index contributed by atoms with van der Waals surface area (Å²) < 4.78 is 12.5. The topological polar surface area (TPSA) is 76.3 Å².